The number of carbonyl (C=O) groups excluding carboxylic acids is 2. The molecule has 0 spiro atoms. The van der Waals surface area contributed by atoms with Gasteiger partial charge in [-0.2, -0.15) is 5.10 Å². The molecule has 1 unspecified atom stereocenters. The second-order valence-corrected chi connectivity index (χ2v) is 8.55. The van der Waals surface area contributed by atoms with E-state index < -0.39 is 0 Å². The Kier molecular flexibility index (Phi) is 5.69. The Hall–Kier alpha value is -2.64. The van der Waals surface area contributed by atoms with E-state index in [0.717, 1.165) is 24.9 Å². The molecule has 1 N–H and O–H groups in total. The Balaban J connectivity index is 1.48. The predicted molar refractivity (Wildman–Crippen MR) is 115 cm³/mol. The molecule has 1 aliphatic rings. The van der Waals surface area contributed by atoms with Gasteiger partial charge in [-0.3, -0.25) is 14.3 Å². The molecule has 8 heteroatoms. The fourth-order valence-corrected chi connectivity index (χ4v) is 4.83. The smallest absolute Gasteiger partial charge is 0.264 e. The van der Waals surface area contributed by atoms with Crippen LogP contribution in [0.4, 0.5) is 5.00 Å². The highest BCUT2D eigenvalue weighted by atomic mass is 35.5. The minimum absolute atomic E-state index is 0.00241. The molecule has 3 aromatic rings. The van der Waals surface area contributed by atoms with Gasteiger partial charge in [0.15, 0.2) is 0 Å². The van der Waals surface area contributed by atoms with Gasteiger partial charge in [0.1, 0.15) is 0 Å². The summed E-state index contributed by atoms with van der Waals surface area (Å²) < 4.78 is 1.93. The molecule has 2 aromatic heterocycles. The van der Waals surface area contributed by atoms with Gasteiger partial charge in [-0.05, 0) is 49.6 Å². The van der Waals surface area contributed by atoms with Crippen molar-refractivity contribution in [1.29, 1.82) is 0 Å². The second-order valence-electron chi connectivity index (χ2n) is 7.09. The van der Waals surface area contributed by atoms with E-state index in [1.807, 2.05) is 34.8 Å². The molecule has 0 aliphatic carbocycles. The lowest BCUT2D eigenvalue weighted by atomic mass is 10.1. The summed E-state index contributed by atoms with van der Waals surface area (Å²) in [4.78, 5) is 28.2. The summed E-state index contributed by atoms with van der Waals surface area (Å²) in [5.74, 6) is -0.282. The molecule has 1 saturated heterocycles. The first-order chi connectivity index (χ1) is 14.0. The number of likely N-dealkylation sites (tertiary alicyclic amines) is 1. The highest BCUT2D eigenvalue weighted by Gasteiger charge is 2.28. The number of benzene rings is 1. The van der Waals surface area contributed by atoms with E-state index in [1.54, 1.807) is 30.5 Å². The standard InChI is InChI=1S/C21H21ClN4O2S/c1-14-12-18(24-20(27)16-7-2-3-8-17(16)22)29-19(14)21(28)25-10-4-6-15(13-25)26-11-5-9-23-26/h2-3,5,7-9,11-12,15H,4,6,10,13H2,1H3,(H,24,27). The molecule has 1 atom stereocenters. The van der Waals surface area contributed by atoms with Gasteiger partial charge in [0.05, 0.1) is 26.5 Å². The molecule has 0 saturated carbocycles. The van der Waals surface area contributed by atoms with Crippen LogP contribution in [-0.2, 0) is 0 Å². The molecule has 4 rings (SSSR count). The summed E-state index contributed by atoms with van der Waals surface area (Å²) in [6, 6.07) is 10.8. The van der Waals surface area contributed by atoms with E-state index in [1.165, 1.54) is 11.3 Å². The molecule has 2 amide bonds. The molecular formula is C21H21ClN4O2S. The molecule has 0 radical (unpaired) electrons. The predicted octanol–water partition coefficient (Wildman–Crippen LogP) is 4.64. The number of nitrogens with zero attached hydrogens (tertiary/aromatic N) is 3. The molecule has 6 nitrogen and oxygen atoms in total. The topological polar surface area (TPSA) is 67.2 Å². The first-order valence-corrected chi connectivity index (χ1v) is 10.7. The van der Waals surface area contributed by atoms with Crippen LogP contribution in [0.5, 0.6) is 0 Å². The fraction of sp³-hybridized carbons (Fsp3) is 0.286. The first kappa shape index (κ1) is 19.7. The van der Waals surface area contributed by atoms with E-state index in [-0.39, 0.29) is 17.9 Å². The number of hydrogen-bond acceptors (Lipinski definition) is 4. The van der Waals surface area contributed by atoms with Crippen molar-refractivity contribution in [1.82, 2.24) is 14.7 Å². The number of carbonyl (C=O) groups is 2. The lowest BCUT2D eigenvalue weighted by Crippen LogP contribution is -2.40. The van der Waals surface area contributed by atoms with Crippen LogP contribution in [0.2, 0.25) is 5.02 Å². The van der Waals surface area contributed by atoms with Crippen LogP contribution in [0.15, 0.2) is 48.8 Å². The summed E-state index contributed by atoms with van der Waals surface area (Å²) in [5, 5.41) is 8.21. The fourth-order valence-electron chi connectivity index (χ4n) is 3.58. The van der Waals surface area contributed by atoms with E-state index >= 15 is 0 Å². The number of piperidine rings is 1. The average molecular weight is 429 g/mol. The second kappa shape index (κ2) is 8.39. The zero-order valence-corrected chi connectivity index (χ0v) is 17.5. The van der Waals surface area contributed by atoms with Crippen LogP contribution >= 0.6 is 22.9 Å². The normalized spacial score (nSPS) is 16.6. The summed E-state index contributed by atoms with van der Waals surface area (Å²) in [7, 11) is 0. The maximum absolute atomic E-state index is 13.1. The largest absolute Gasteiger partial charge is 0.336 e. The highest BCUT2D eigenvalue weighted by Crippen LogP contribution is 2.31. The number of aryl methyl sites for hydroxylation is 1. The van der Waals surface area contributed by atoms with Gasteiger partial charge in [0.25, 0.3) is 11.8 Å². The van der Waals surface area contributed by atoms with E-state index in [2.05, 4.69) is 10.4 Å². The molecule has 1 aromatic carbocycles. The number of aromatic nitrogens is 2. The van der Waals surface area contributed by atoms with Crippen molar-refractivity contribution in [2.75, 3.05) is 18.4 Å². The number of amides is 2. The van der Waals surface area contributed by atoms with Crippen molar-refractivity contribution < 1.29 is 9.59 Å². The molecule has 1 fully saturated rings. The van der Waals surface area contributed by atoms with Crippen molar-refractivity contribution >= 4 is 39.8 Å². The quantitative estimate of drug-likeness (QED) is 0.658. The van der Waals surface area contributed by atoms with Crippen molar-refractivity contribution in [2.45, 2.75) is 25.8 Å². The third kappa shape index (κ3) is 4.21. The SMILES string of the molecule is Cc1cc(NC(=O)c2ccccc2Cl)sc1C(=O)N1CCCC(n2cccn2)C1. The molecule has 3 heterocycles. The number of thiophene rings is 1. The average Bonchev–Trinajstić information content (AvgIpc) is 3.38. The van der Waals surface area contributed by atoms with Crippen LogP contribution in [0, 0.1) is 6.92 Å². The van der Waals surface area contributed by atoms with Gasteiger partial charge < -0.3 is 10.2 Å². The van der Waals surface area contributed by atoms with Gasteiger partial charge >= 0.3 is 0 Å². The summed E-state index contributed by atoms with van der Waals surface area (Å²) in [6.07, 6.45) is 5.65. The molecule has 150 valence electrons. The van der Waals surface area contributed by atoms with Crippen LogP contribution in [0.25, 0.3) is 0 Å². The van der Waals surface area contributed by atoms with E-state index in [4.69, 9.17) is 11.6 Å². The van der Waals surface area contributed by atoms with Crippen molar-refractivity contribution in [3.63, 3.8) is 0 Å². The molecule has 1 aliphatic heterocycles. The Morgan fingerprint density at radius 3 is 2.86 bits per heavy atom. The lowest BCUT2D eigenvalue weighted by molar-refractivity contribution is 0.0677. The van der Waals surface area contributed by atoms with Crippen molar-refractivity contribution in [3.8, 4) is 0 Å². The lowest BCUT2D eigenvalue weighted by Gasteiger charge is -2.32. The minimum Gasteiger partial charge on any atom is -0.336 e. The maximum atomic E-state index is 13.1. The maximum Gasteiger partial charge on any atom is 0.264 e. The molecular weight excluding hydrogens is 408 g/mol. The zero-order chi connectivity index (χ0) is 20.4. The minimum atomic E-state index is -0.285. The zero-order valence-electron chi connectivity index (χ0n) is 16.0. The van der Waals surface area contributed by atoms with Crippen molar-refractivity contribution in [3.05, 3.63) is 69.8 Å². The van der Waals surface area contributed by atoms with Gasteiger partial charge in [-0.15, -0.1) is 11.3 Å². The van der Waals surface area contributed by atoms with Gasteiger partial charge in [-0.25, -0.2) is 0 Å². The van der Waals surface area contributed by atoms with Gasteiger partial charge in [0, 0.05) is 25.5 Å². The molecule has 29 heavy (non-hydrogen) atoms. The van der Waals surface area contributed by atoms with Crippen LogP contribution in [0.1, 0.15) is 44.5 Å². The number of anilines is 1. The third-order valence-corrected chi connectivity index (χ3v) is 6.52. The van der Waals surface area contributed by atoms with E-state index in [9.17, 15) is 9.59 Å². The number of nitrogens with one attached hydrogen (secondary N) is 1. The third-order valence-electron chi connectivity index (χ3n) is 5.05. The van der Waals surface area contributed by atoms with Gasteiger partial charge in [0.2, 0.25) is 0 Å². The Morgan fingerprint density at radius 2 is 2.10 bits per heavy atom. The Bertz CT molecular complexity index is 1030. The number of halogens is 1. The van der Waals surface area contributed by atoms with E-state index in [0.29, 0.717) is 27.0 Å². The summed E-state index contributed by atoms with van der Waals surface area (Å²) in [6.45, 7) is 3.26. The summed E-state index contributed by atoms with van der Waals surface area (Å²) in [5.41, 5.74) is 1.27. The Morgan fingerprint density at radius 1 is 1.28 bits per heavy atom. The number of hydrogen-bond donors (Lipinski definition) is 1. The Labute approximate surface area is 178 Å². The summed E-state index contributed by atoms with van der Waals surface area (Å²) >= 11 is 7.40. The van der Waals surface area contributed by atoms with Gasteiger partial charge in [-0.1, -0.05) is 23.7 Å². The number of rotatable bonds is 4. The van der Waals surface area contributed by atoms with Crippen LogP contribution in [0.3, 0.4) is 0 Å². The highest BCUT2D eigenvalue weighted by molar-refractivity contribution is 7.18. The van der Waals surface area contributed by atoms with Crippen molar-refractivity contribution in [2.24, 2.45) is 0 Å². The van der Waals surface area contributed by atoms with Crippen LogP contribution in [-0.4, -0.2) is 39.6 Å². The van der Waals surface area contributed by atoms with Crippen LogP contribution < -0.4 is 5.32 Å². The first-order valence-electron chi connectivity index (χ1n) is 9.47. The molecule has 0 bridgehead atoms. The monoisotopic (exact) mass is 428 g/mol.